The first-order valence-corrected chi connectivity index (χ1v) is 9.31. The van der Waals surface area contributed by atoms with Gasteiger partial charge in [0, 0.05) is 19.5 Å². The Morgan fingerprint density at radius 2 is 1.48 bits per heavy atom. The van der Waals surface area contributed by atoms with Crippen molar-refractivity contribution in [2.75, 3.05) is 26.2 Å². The first kappa shape index (κ1) is 15.3. The Bertz CT molecular complexity index is 324. The summed E-state index contributed by atoms with van der Waals surface area (Å²) in [6.45, 7) is 4.46. The predicted molar refractivity (Wildman–Crippen MR) is 86.1 cm³/mol. The lowest BCUT2D eigenvalue weighted by Gasteiger charge is -2.38. The molecule has 1 N–H and O–H groups in total. The maximum atomic E-state index is 12.5. The number of rotatable bonds is 3. The maximum Gasteiger partial charge on any atom is 0.222 e. The molecular weight excluding hydrogens is 260 g/mol. The van der Waals surface area contributed by atoms with Gasteiger partial charge in [0.1, 0.15) is 0 Å². The lowest BCUT2D eigenvalue weighted by molar-refractivity contribution is -0.134. The highest BCUT2D eigenvalue weighted by molar-refractivity contribution is 5.76. The quantitative estimate of drug-likeness (QED) is 0.866. The second kappa shape index (κ2) is 7.62. The zero-order valence-corrected chi connectivity index (χ0v) is 13.5. The number of piperidine rings is 2. The van der Waals surface area contributed by atoms with Crippen LogP contribution in [-0.4, -0.2) is 37.0 Å². The first-order valence-electron chi connectivity index (χ1n) is 9.31. The first-order chi connectivity index (χ1) is 10.3. The Kier molecular flexibility index (Phi) is 5.56. The van der Waals surface area contributed by atoms with Crippen molar-refractivity contribution in [1.82, 2.24) is 10.2 Å². The average Bonchev–Trinajstić information content (AvgIpc) is 2.57. The molecule has 120 valence electrons. The largest absolute Gasteiger partial charge is 0.343 e. The number of nitrogens with one attached hydrogen (secondary N) is 1. The van der Waals surface area contributed by atoms with Crippen LogP contribution in [0.25, 0.3) is 0 Å². The smallest absolute Gasteiger partial charge is 0.222 e. The molecule has 0 aromatic rings. The molecule has 0 radical (unpaired) electrons. The van der Waals surface area contributed by atoms with Crippen LogP contribution in [0.1, 0.15) is 64.2 Å². The number of carbonyl (C=O) groups excluding carboxylic acids is 1. The van der Waals surface area contributed by atoms with Crippen LogP contribution < -0.4 is 5.32 Å². The van der Waals surface area contributed by atoms with Gasteiger partial charge in [0.15, 0.2) is 0 Å². The highest BCUT2D eigenvalue weighted by Crippen LogP contribution is 2.32. The number of hydrogen-bond donors (Lipinski definition) is 1. The lowest BCUT2D eigenvalue weighted by atomic mass is 9.79. The summed E-state index contributed by atoms with van der Waals surface area (Å²) < 4.78 is 0. The lowest BCUT2D eigenvalue weighted by Crippen LogP contribution is -2.42. The molecule has 2 aliphatic heterocycles. The van der Waals surface area contributed by atoms with Crippen LogP contribution >= 0.6 is 0 Å². The number of nitrogens with zero attached hydrogens (tertiary/aromatic N) is 1. The maximum absolute atomic E-state index is 12.5. The zero-order chi connectivity index (χ0) is 14.5. The highest BCUT2D eigenvalue weighted by Gasteiger charge is 2.30. The van der Waals surface area contributed by atoms with Gasteiger partial charge in [-0.25, -0.2) is 0 Å². The van der Waals surface area contributed by atoms with Crippen LogP contribution in [0.4, 0.5) is 0 Å². The minimum atomic E-state index is 0.450. The minimum absolute atomic E-state index is 0.450. The second-order valence-corrected chi connectivity index (χ2v) is 7.51. The summed E-state index contributed by atoms with van der Waals surface area (Å²) in [5.41, 5.74) is 0. The molecule has 3 fully saturated rings. The summed E-state index contributed by atoms with van der Waals surface area (Å²) in [6.07, 6.45) is 12.7. The molecule has 1 amide bonds. The van der Waals surface area contributed by atoms with E-state index in [1.54, 1.807) is 0 Å². The van der Waals surface area contributed by atoms with E-state index in [-0.39, 0.29) is 0 Å². The van der Waals surface area contributed by atoms with Gasteiger partial charge in [0.2, 0.25) is 5.91 Å². The van der Waals surface area contributed by atoms with Gasteiger partial charge in [0.25, 0.3) is 0 Å². The van der Waals surface area contributed by atoms with Crippen molar-refractivity contribution in [2.45, 2.75) is 64.2 Å². The molecule has 1 aliphatic carbocycles. The van der Waals surface area contributed by atoms with Crippen molar-refractivity contribution >= 4 is 5.91 Å². The van der Waals surface area contributed by atoms with Gasteiger partial charge in [-0.2, -0.15) is 0 Å². The SMILES string of the molecule is O=C(CC1CCCCC1)N1CCC(C2CCNCC2)CC1. The Morgan fingerprint density at radius 3 is 2.14 bits per heavy atom. The fourth-order valence-corrected chi connectivity index (χ4v) is 4.70. The normalized spacial score (nSPS) is 27.0. The van der Waals surface area contributed by atoms with E-state index in [9.17, 15) is 4.79 Å². The molecule has 3 rings (SSSR count). The monoisotopic (exact) mass is 292 g/mol. The highest BCUT2D eigenvalue weighted by atomic mass is 16.2. The fourth-order valence-electron chi connectivity index (χ4n) is 4.70. The third-order valence-electron chi connectivity index (χ3n) is 6.13. The molecule has 0 atom stereocenters. The van der Waals surface area contributed by atoms with Gasteiger partial charge in [-0.1, -0.05) is 19.3 Å². The molecule has 0 bridgehead atoms. The number of hydrogen-bond acceptors (Lipinski definition) is 2. The van der Waals surface area contributed by atoms with Gasteiger partial charge < -0.3 is 10.2 Å². The summed E-state index contributed by atoms with van der Waals surface area (Å²) in [4.78, 5) is 14.6. The summed E-state index contributed by atoms with van der Waals surface area (Å²) in [5.74, 6) is 2.94. The Morgan fingerprint density at radius 1 is 0.857 bits per heavy atom. The average molecular weight is 292 g/mol. The molecular formula is C18H32N2O. The Labute approximate surface area is 129 Å². The van der Waals surface area contributed by atoms with E-state index in [2.05, 4.69) is 10.2 Å². The van der Waals surface area contributed by atoms with E-state index in [0.717, 1.165) is 31.3 Å². The minimum Gasteiger partial charge on any atom is -0.343 e. The molecule has 0 aromatic heterocycles. The van der Waals surface area contributed by atoms with Crippen LogP contribution in [0.3, 0.4) is 0 Å². The topological polar surface area (TPSA) is 32.3 Å². The summed E-state index contributed by atoms with van der Waals surface area (Å²) in [5, 5.41) is 3.46. The second-order valence-electron chi connectivity index (χ2n) is 7.51. The van der Waals surface area contributed by atoms with Crippen LogP contribution in [0, 0.1) is 17.8 Å². The fraction of sp³-hybridized carbons (Fsp3) is 0.944. The van der Waals surface area contributed by atoms with Gasteiger partial charge in [0.05, 0.1) is 0 Å². The van der Waals surface area contributed by atoms with E-state index < -0.39 is 0 Å². The number of amides is 1. The number of carbonyl (C=O) groups is 1. The van der Waals surface area contributed by atoms with Crippen LogP contribution in [0.15, 0.2) is 0 Å². The van der Waals surface area contributed by atoms with Gasteiger partial charge >= 0.3 is 0 Å². The third kappa shape index (κ3) is 4.21. The van der Waals surface area contributed by atoms with Gasteiger partial charge in [-0.3, -0.25) is 4.79 Å². The predicted octanol–water partition coefficient (Wildman–Crippen LogP) is 3.20. The van der Waals surface area contributed by atoms with Crippen molar-refractivity contribution in [3.8, 4) is 0 Å². The molecule has 2 heterocycles. The third-order valence-corrected chi connectivity index (χ3v) is 6.13. The molecule has 0 aromatic carbocycles. The van der Waals surface area contributed by atoms with Crippen LogP contribution in [0.2, 0.25) is 0 Å². The standard InChI is InChI=1S/C18H32N2O/c21-18(14-15-4-2-1-3-5-15)20-12-8-17(9-13-20)16-6-10-19-11-7-16/h15-17,19H,1-14H2. The molecule has 21 heavy (non-hydrogen) atoms. The van der Waals surface area contributed by atoms with Crippen molar-refractivity contribution < 1.29 is 4.79 Å². The summed E-state index contributed by atoms with van der Waals surface area (Å²) in [6, 6.07) is 0. The van der Waals surface area contributed by atoms with E-state index in [1.165, 1.54) is 70.9 Å². The van der Waals surface area contributed by atoms with Crippen LogP contribution in [-0.2, 0) is 4.79 Å². The van der Waals surface area contributed by atoms with Gasteiger partial charge in [-0.05, 0) is 69.4 Å². The molecule has 3 aliphatic rings. The van der Waals surface area contributed by atoms with Crippen molar-refractivity contribution in [1.29, 1.82) is 0 Å². The van der Waals surface area contributed by atoms with Gasteiger partial charge in [-0.15, -0.1) is 0 Å². The zero-order valence-electron chi connectivity index (χ0n) is 13.5. The molecule has 2 saturated heterocycles. The molecule has 0 spiro atoms. The van der Waals surface area contributed by atoms with E-state index in [0.29, 0.717) is 11.8 Å². The van der Waals surface area contributed by atoms with E-state index >= 15 is 0 Å². The summed E-state index contributed by atoms with van der Waals surface area (Å²) in [7, 11) is 0. The number of likely N-dealkylation sites (tertiary alicyclic amines) is 1. The molecule has 0 unspecified atom stereocenters. The summed E-state index contributed by atoms with van der Waals surface area (Å²) >= 11 is 0. The van der Waals surface area contributed by atoms with Crippen LogP contribution in [0.5, 0.6) is 0 Å². The Balaban J connectivity index is 1.40. The molecule has 3 heteroatoms. The van der Waals surface area contributed by atoms with Crippen molar-refractivity contribution in [3.63, 3.8) is 0 Å². The van der Waals surface area contributed by atoms with Crippen molar-refractivity contribution in [3.05, 3.63) is 0 Å². The molecule has 1 saturated carbocycles. The molecule has 3 nitrogen and oxygen atoms in total. The van der Waals surface area contributed by atoms with Crippen molar-refractivity contribution in [2.24, 2.45) is 17.8 Å². The Hall–Kier alpha value is -0.570. The van der Waals surface area contributed by atoms with E-state index in [4.69, 9.17) is 0 Å². The van der Waals surface area contributed by atoms with E-state index in [1.807, 2.05) is 0 Å².